The molecule has 2 N–H and O–H groups in total. The van der Waals surface area contributed by atoms with E-state index in [0.717, 1.165) is 6.07 Å². The van der Waals surface area contributed by atoms with Crippen LogP contribution in [-0.4, -0.2) is 161 Å². The van der Waals surface area contributed by atoms with Gasteiger partial charge in [-0.3, -0.25) is 9.69 Å². The summed E-state index contributed by atoms with van der Waals surface area (Å²) in [4.78, 5) is 41.4. The van der Waals surface area contributed by atoms with E-state index >= 15 is 0 Å². The maximum atomic E-state index is 13.6. The van der Waals surface area contributed by atoms with Crippen molar-refractivity contribution < 1.29 is 80.0 Å². The van der Waals surface area contributed by atoms with Crippen LogP contribution in [0.5, 0.6) is 0 Å². The Morgan fingerprint density at radius 1 is 0.695 bits per heavy atom. The van der Waals surface area contributed by atoms with E-state index in [1.54, 1.807) is 0 Å². The summed E-state index contributed by atoms with van der Waals surface area (Å²) in [6.07, 6.45) is -7.15. The normalized spacial score (nSPS) is 14.3. The van der Waals surface area contributed by atoms with Crippen LogP contribution in [-0.2, 0) is 58.3 Å². The molecule has 0 bridgehead atoms. The zero-order valence-electron chi connectivity index (χ0n) is 32.6. The number of cyclic esters (lactones) is 1. The summed E-state index contributed by atoms with van der Waals surface area (Å²) in [5.41, 5.74) is -1.37. The zero-order chi connectivity index (χ0) is 42.1. The number of carbonyl (C=O) groups excluding carboxylic acids is 2. The van der Waals surface area contributed by atoms with Crippen LogP contribution < -0.4 is 10.5 Å². The molecule has 3 aromatic rings. The number of H-pyrrole nitrogens is 1. The molecular weight excluding hydrogens is 793 g/mol. The largest absolute Gasteiger partial charge is 0.508 e. The molecule has 1 fully saturated rings. The second-order valence-corrected chi connectivity index (χ2v) is 12.5. The maximum absolute atomic E-state index is 13.6. The topological polar surface area (TPSA) is 192 Å². The van der Waals surface area contributed by atoms with Crippen LogP contribution in [0.4, 0.5) is 28.4 Å². The highest BCUT2D eigenvalue weighted by molar-refractivity contribution is 5.94. The SMILES string of the molecule is O=C(OCCOCCOCCOCCOCCOCCOCCOCCOCCO)OC[C@@H]1CN(c2ccc3cc(-c4ccccc4C(F)(F)F)[nH]c(=O)c3c2)C(=O)O1. The minimum atomic E-state index is -4.62. The molecule has 4 rings (SSSR count). The summed E-state index contributed by atoms with van der Waals surface area (Å²) in [7, 11) is 0. The van der Waals surface area contributed by atoms with Crippen molar-refractivity contribution in [2.75, 3.05) is 137 Å². The molecule has 2 heterocycles. The number of halogens is 3. The number of anilines is 1. The molecule has 0 unspecified atom stereocenters. The van der Waals surface area contributed by atoms with E-state index in [4.69, 9.17) is 57.2 Å². The van der Waals surface area contributed by atoms with Crippen LogP contribution in [0, 0.1) is 0 Å². The molecule has 2 aromatic carbocycles. The molecule has 20 heteroatoms. The first-order chi connectivity index (χ1) is 28.7. The molecule has 1 atom stereocenters. The lowest BCUT2D eigenvalue weighted by atomic mass is 10.0. The summed E-state index contributed by atoms with van der Waals surface area (Å²) in [5.74, 6) is 0. The third-order valence-corrected chi connectivity index (χ3v) is 8.21. The Hall–Kier alpha value is -4.38. The number of aromatic nitrogens is 1. The molecule has 17 nitrogen and oxygen atoms in total. The first-order valence-electron chi connectivity index (χ1n) is 19.0. The van der Waals surface area contributed by atoms with Crippen molar-refractivity contribution in [3.05, 3.63) is 64.4 Å². The van der Waals surface area contributed by atoms with Crippen molar-refractivity contribution in [1.29, 1.82) is 0 Å². The number of aliphatic hydroxyl groups is 1. The number of aromatic amines is 1. The zero-order valence-corrected chi connectivity index (χ0v) is 32.6. The number of benzene rings is 2. The number of nitrogens with zero attached hydrogens (tertiary/aromatic N) is 1. The highest BCUT2D eigenvalue weighted by Crippen LogP contribution is 2.37. The lowest BCUT2D eigenvalue weighted by molar-refractivity contribution is -0.137. The number of hydrogen-bond donors (Lipinski definition) is 2. The Balaban J connectivity index is 0.963. The van der Waals surface area contributed by atoms with Crippen molar-refractivity contribution in [1.82, 2.24) is 4.98 Å². The predicted octanol–water partition coefficient (Wildman–Crippen LogP) is 3.82. The van der Waals surface area contributed by atoms with E-state index < -0.39 is 35.7 Å². The summed E-state index contributed by atoms with van der Waals surface area (Å²) >= 11 is 0. The van der Waals surface area contributed by atoms with Gasteiger partial charge in [-0.25, -0.2) is 9.59 Å². The Bertz CT molecular complexity index is 1750. The average molecular weight is 845 g/mol. The molecule has 1 saturated heterocycles. The molecule has 0 saturated carbocycles. The number of amides is 1. The lowest BCUT2D eigenvalue weighted by Gasteiger charge is -2.15. The third-order valence-electron chi connectivity index (χ3n) is 8.21. The van der Waals surface area contributed by atoms with Crippen LogP contribution in [0.3, 0.4) is 0 Å². The number of hydrogen-bond acceptors (Lipinski definition) is 15. The van der Waals surface area contributed by atoms with Crippen molar-refractivity contribution in [2.45, 2.75) is 12.3 Å². The molecule has 59 heavy (non-hydrogen) atoms. The van der Waals surface area contributed by atoms with Gasteiger partial charge in [0.05, 0.1) is 124 Å². The van der Waals surface area contributed by atoms with Gasteiger partial charge in [-0.05, 0) is 29.7 Å². The van der Waals surface area contributed by atoms with E-state index in [1.165, 1.54) is 47.4 Å². The van der Waals surface area contributed by atoms with E-state index in [-0.39, 0.29) is 56.2 Å². The molecule has 0 spiro atoms. The number of ether oxygens (including phenoxy) is 11. The van der Waals surface area contributed by atoms with Crippen molar-refractivity contribution in [3.63, 3.8) is 0 Å². The van der Waals surface area contributed by atoms with Crippen LogP contribution in [0.15, 0.2) is 53.3 Å². The second kappa shape index (κ2) is 26.7. The van der Waals surface area contributed by atoms with Crippen LogP contribution in [0.1, 0.15) is 5.56 Å². The lowest BCUT2D eigenvalue weighted by Crippen LogP contribution is -2.27. The predicted molar refractivity (Wildman–Crippen MR) is 204 cm³/mol. The molecule has 0 radical (unpaired) electrons. The Kier molecular flexibility index (Phi) is 21.4. The van der Waals surface area contributed by atoms with Gasteiger partial charge in [0.2, 0.25) is 0 Å². The summed E-state index contributed by atoms with van der Waals surface area (Å²) < 4.78 is 98.9. The Labute approximate surface area is 338 Å². The molecule has 1 aliphatic rings. The van der Waals surface area contributed by atoms with Crippen LogP contribution in [0.2, 0.25) is 0 Å². The number of nitrogens with one attached hydrogen (secondary N) is 1. The highest BCUT2D eigenvalue weighted by atomic mass is 19.4. The number of pyridine rings is 1. The molecule has 1 aliphatic heterocycles. The van der Waals surface area contributed by atoms with Gasteiger partial charge in [-0.15, -0.1) is 0 Å². The number of carbonyl (C=O) groups is 2. The fourth-order valence-electron chi connectivity index (χ4n) is 5.44. The van der Waals surface area contributed by atoms with E-state index in [1.807, 2.05) is 0 Å². The van der Waals surface area contributed by atoms with E-state index in [0.29, 0.717) is 104 Å². The molecule has 328 valence electrons. The fraction of sp³-hybridized carbons (Fsp3) is 0.564. The minimum Gasteiger partial charge on any atom is -0.440 e. The minimum absolute atomic E-state index is 0.000624. The van der Waals surface area contributed by atoms with Gasteiger partial charge < -0.3 is 62.2 Å². The van der Waals surface area contributed by atoms with Crippen molar-refractivity contribution in [3.8, 4) is 11.3 Å². The average Bonchev–Trinajstić information content (AvgIpc) is 3.60. The van der Waals surface area contributed by atoms with Gasteiger partial charge in [-0.1, -0.05) is 24.3 Å². The summed E-state index contributed by atoms with van der Waals surface area (Å²) in [6.45, 7) is 5.82. The second-order valence-electron chi connectivity index (χ2n) is 12.5. The van der Waals surface area contributed by atoms with Gasteiger partial charge in [-0.2, -0.15) is 13.2 Å². The molecule has 1 amide bonds. The Morgan fingerprint density at radius 2 is 1.20 bits per heavy atom. The smallest absolute Gasteiger partial charge is 0.440 e. The third kappa shape index (κ3) is 17.4. The molecular formula is C39H51F3N2O15. The molecule has 1 aromatic heterocycles. The van der Waals surface area contributed by atoms with Crippen LogP contribution in [0.25, 0.3) is 22.0 Å². The maximum Gasteiger partial charge on any atom is 0.508 e. The van der Waals surface area contributed by atoms with Gasteiger partial charge in [0, 0.05) is 22.3 Å². The van der Waals surface area contributed by atoms with Crippen molar-refractivity contribution >= 4 is 28.7 Å². The fourth-order valence-corrected chi connectivity index (χ4v) is 5.44. The summed E-state index contributed by atoms with van der Waals surface area (Å²) in [5, 5.41) is 9.12. The monoisotopic (exact) mass is 844 g/mol. The standard InChI is InChI=1S/C39H51F3N2O15/c40-39(41,42)34-4-2-1-3-32(34)35-25-29-5-6-30(26-33(29)36(46)43-35)44-27-31(59-37(44)47)28-58-38(48)57-24-23-56-22-21-55-20-19-54-18-17-53-16-15-52-14-13-51-12-11-50-10-9-49-8-7-45/h1-6,25-26,31,45H,7-24,27-28H2,(H,43,46)/t31-/m0/s1. The van der Waals surface area contributed by atoms with Crippen LogP contribution >= 0.6 is 0 Å². The van der Waals surface area contributed by atoms with Crippen molar-refractivity contribution in [2.24, 2.45) is 0 Å². The number of aliphatic hydroxyl groups excluding tert-OH is 1. The number of fused-ring (bicyclic) bond motifs is 1. The van der Waals surface area contributed by atoms with Gasteiger partial charge >= 0.3 is 18.4 Å². The Morgan fingerprint density at radius 3 is 1.73 bits per heavy atom. The quantitative estimate of drug-likeness (QED) is 0.0727. The van der Waals surface area contributed by atoms with E-state index in [2.05, 4.69) is 4.98 Å². The first-order valence-corrected chi connectivity index (χ1v) is 19.0. The highest BCUT2D eigenvalue weighted by Gasteiger charge is 2.35. The summed E-state index contributed by atoms with van der Waals surface area (Å²) in [6, 6.07) is 10.9. The number of alkyl halides is 3. The van der Waals surface area contributed by atoms with Gasteiger partial charge in [0.25, 0.3) is 5.56 Å². The molecule has 0 aliphatic carbocycles. The number of rotatable bonds is 30. The van der Waals surface area contributed by atoms with E-state index in [9.17, 15) is 27.6 Å². The first kappa shape index (κ1) is 47.3. The van der Waals surface area contributed by atoms with Gasteiger partial charge in [0.15, 0.2) is 6.10 Å². The van der Waals surface area contributed by atoms with Gasteiger partial charge in [0.1, 0.15) is 13.2 Å².